The number of hydrogen-bond acceptors (Lipinski definition) is 5. The first-order valence-electron chi connectivity index (χ1n) is 8.84. The molecule has 5 rings (SSSR count). The first-order chi connectivity index (χ1) is 13.1. The standard InChI is InChI=1S/C20H18N4O3/c1-11-3-4-12(2)19-13(11)7-15(27-19)18-17-14(22-9-23-17)5-6-24(18)20(25)16-8-21-10-26-16/h3-4,7-10,18H,5-6H2,1-2H3,(H,22,23)/t18-/m0/s1. The largest absolute Gasteiger partial charge is 0.458 e. The lowest BCUT2D eigenvalue weighted by Crippen LogP contribution is -2.40. The minimum Gasteiger partial charge on any atom is -0.458 e. The van der Waals surface area contributed by atoms with Crippen molar-refractivity contribution in [3.63, 3.8) is 0 Å². The Morgan fingerprint density at radius 3 is 2.93 bits per heavy atom. The van der Waals surface area contributed by atoms with Crippen molar-refractivity contribution < 1.29 is 13.6 Å². The van der Waals surface area contributed by atoms with Gasteiger partial charge in [0.1, 0.15) is 17.4 Å². The van der Waals surface area contributed by atoms with Crippen LogP contribution in [0.25, 0.3) is 11.0 Å². The molecule has 136 valence electrons. The summed E-state index contributed by atoms with van der Waals surface area (Å²) in [5, 5.41) is 1.06. The zero-order valence-electron chi connectivity index (χ0n) is 15.0. The molecule has 0 saturated carbocycles. The fourth-order valence-corrected chi connectivity index (χ4v) is 3.79. The molecule has 1 amide bonds. The number of carbonyl (C=O) groups excluding carboxylic acids is 1. The number of aromatic nitrogens is 3. The SMILES string of the molecule is Cc1ccc(C)c2oc([C@H]3c4nc[nH]c4CCN3C(=O)c3cnco3)cc12. The van der Waals surface area contributed by atoms with Gasteiger partial charge < -0.3 is 18.7 Å². The molecular weight excluding hydrogens is 344 g/mol. The topological polar surface area (TPSA) is 88.2 Å². The van der Waals surface area contributed by atoms with Crippen molar-refractivity contribution in [1.29, 1.82) is 0 Å². The number of H-pyrrole nitrogens is 1. The monoisotopic (exact) mass is 362 g/mol. The van der Waals surface area contributed by atoms with Crippen molar-refractivity contribution in [2.75, 3.05) is 6.54 Å². The van der Waals surface area contributed by atoms with Crippen LogP contribution in [0.3, 0.4) is 0 Å². The smallest absolute Gasteiger partial charge is 0.292 e. The second-order valence-corrected chi connectivity index (χ2v) is 6.87. The van der Waals surface area contributed by atoms with E-state index in [1.807, 2.05) is 19.1 Å². The Kier molecular flexibility index (Phi) is 3.43. The Morgan fingerprint density at radius 2 is 2.15 bits per heavy atom. The van der Waals surface area contributed by atoms with Gasteiger partial charge in [-0.25, -0.2) is 9.97 Å². The van der Waals surface area contributed by atoms with Crippen molar-refractivity contribution in [2.24, 2.45) is 0 Å². The number of benzene rings is 1. The summed E-state index contributed by atoms with van der Waals surface area (Å²) < 4.78 is 11.5. The molecule has 4 aromatic rings. The zero-order chi connectivity index (χ0) is 18.5. The summed E-state index contributed by atoms with van der Waals surface area (Å²) in [5.74, 6) is 0.686. The molecule has 0 fully saturated rings. The van der Waals surface area contributed by atoms with Gasteiger partial charge in [-0.2, -0.15) is 0 Å². The molecular formula is C20H18N4O3. The van der Waals surface area contributed by atoms with Crippen molar-refractivity contribution in [3.8, 4) is 0 Å². The van der Waals surface area contributed by atoms with E-state index in [1.54, 1.807) is 11.2 Å². The summed E-state index contributed by atoms with van der Waals surface area (Å²) in [4.78, 5) is 26.3. The van der Waals surface area contributed by atoms with Gasteiger partial charge in [-0.3, -0.25) is 4.79 Å². The summed E-state index contributed by atoms with van der Waals surface area (Å²) in [6, 6.07) is 5.73. The fraction of sp³-hybridized carbons (Fsp3) is 0.250. The number of furan rings is 1. The molecule has 7 nitrogen and oxygen atoms in total. The maximum atomic E-state index is 13.0. The van der Waals surface area contributed by atoms with Gasteiger partial charge in [0.2, 0.25) is 5.76 Å². The maximum absolute atomic E-state index is 13.0. The average molecular weight is 362 g/mol. The van der Waals surface area contributed by atoms with Crippen LogP contribution in [-0.4, -0.2) is 32.3 Å². The highest BCUT2D eigenvalue weighted by atomic mass is 16.4. The predicted octanol–water partition coefficient (Wildman–Crippen LogP) is 3.55. The van der Waals surface area contributed by atoms with Crippen LogP contribution in [-0.2, 0) is 6.42 Å². The Morgan fingerprint density at radius 1 is 1.30 bits per heavy atom. The molecule has 7 heteroatoms. The van der Waals surface area contributed by atoms with E-state index in [1.165, 1.54) is 12.6 Å². The minimum atomic E-state index is -0.413. The number of hydrogen-bond donors (Lipinski definition) is 1. The molecule has 0 unspecified atom stereocenters. The Labute approximate surface area is 155 Å². The molecule has 1 aliphatic rings. The Hall–Kier alpha value is -3.35. The first-order valence-corrected chi connectivity index (χ1v) is 8.84. The van der Waals surface area contributed by atoms with Crippen LogP contribution in [0.1, 0.15) is 44.9 Å². The van der Waals surface area contributed by atoms with Gasteiger partial charge in [0.15, 0.2) is 6.39 Å². The average Bonchev–Trinajstić information content (AvgIpc) is 3.43. The van der Waals surface area contributed by atoms with E-state index in [2.05, 4.69) is 27.9 Å². The summed E-state index contributed by atoms with van der Waals surface area (Å²) >= 11 is 0. The lowest BCUT2D eigenvalue weighted by molar-refractivity contribution is 0.0640. The van der Waals surface area contributed by atoms with Crippen molar-refractivity contribution in [1.82, 2.24) is 19.9 Å². The number of aromatic amines is 1. The number of rotatable bonds is 2. The quantitative estimate of drug-likeness (QED) is 0.589. The number of fused-ring (bicyclic) bond motifs is 2. The molecule has 0 aliphatic carbocycles. The zero-order valence-corrected chi connectivity index (χ0v) is 15.0. The van der Waals surface area contributed by atoms with Gasteiger partial charge in [0.05, 0.1) is 18.2 Å². The summed E-state index contributed by atoms with van der Waals surface area (Å²) in [7, 11) is 0. The molecule has 1 N–H and O–H groups in total. The van der Waals surface area contributed by atoms with Crippen LogP contribution in [0.15, 0.2) is 46.0 Å². The molecule has 3 aromatic heterocycles. The van der Waals surface area contributed by atoms with E-state index in [-0.39, 0.29) is 11.7 Å². The lowest BCUT2D eigenvalue weighted by Gasteiger charge is -2.33. The van der Waals surface area contributed by atoms with Crippen molar-refractivity contribution in [3.05, 3.63) is 71.2 Å². The summed E-state index contributed by atoms with van der Waals surface area (Å²) in [6.45, 7) is 4.61. The number of aryl methyl sites for hydroxylation is 2. The number of imidazole rings is 1. The summed E-state index contributed by atoms with van der Waals surface area (Å²) in [6.07, 6.45) is 5.07. The highest BCUT2D eigenvalue weighted by Gasteiger charge is 2.37. The summed E-state index contributed by atoms with van der Waals surface area (Å²) in [5.41, 5.74) is 4.88. The molecule has 1 atom stereocenters. The van der Waals surface area contributed by atoms with Crippen LogP contribution in [0, 0.1) is 13.8 Å². The predicted molar refractivity (Wildman–Crippen MR) is 97.4 cm³/mol. The van der Waals surface area contributed by atoms with E-state index < -0.39 is 6.04 Å². The number of carbonyl (C=O) groups is 1. The molecule has 27 heavy (non-hydrogen) atoms. The van der Waals surface area contributed by atoms with Gasteiger partial charge in [0, 0.05) is 24.0 Å². The number of nitrogens with one attached hydrogen (secondary N) is 1. The van der Waals surface area contributed by atoms with Crippen LogP contribution < -0.4 is 0 Å². The van der Waals surface area contributed by atoms with E-state index in [9.17, 15) is 4.79 Å². The Balaban J connectivity index is 1.67. The maximum Gasteiger partial charge on any atom is 0.292 e. The third-order valence-corrected chi connectivity index (χ3v) is 5.22. The first kappa shape index (κ1) is 15.9. The highest BCUT2D eigenvalue weighted by Crippen LogP contribution is 2.38. The van der Waals surface area contributed by atoms with Crippen LogP contribution in [0.2, 0.25) is 0 Å². The Bertz CT molecular complexity index is 1100. The molecule has 4 heterocycles. The van der Waals surface area contributed by atoms with Gasteiger partial charge >= 0.3 is 0 Å². The second-order valence-electron chi connectivity index (χ2n) is 6.87. The van der Waals surface area contributed by atoms with E-state index in [4.69, 9.17) is 8.83 Å². The third-order valence-electron chi connectivity index (χ3n) is 5.22. The fourth-order valence-electron chi connectivity index (χ4n) is 3.79. The van der Waals surface area contributed by atoms with Gasteiger partial charge in [-0.05, 0) is 31.0 Å². The second kappa shape index (κ2) is 5.84. The van der Waals surface area contributed by atoms with E-state index >= 15 is 0 Å². The molecule has 1 aromatic carbocycles. The number of nitrogens with zero attached hydrogens (tertiary/aromatic N) is 3. The molecule has 1 aliphatic heterocycles. The lowest BCUT2D eigenvalue weighted by atomic mass is 9.99. The van der Waals surface area contributed by atoms with Gasteiger partial charge in [-0.1, -0.05) is 12.1 Å². The van der Waals surface area contributed by atoms with Crippen molar-refractivity contribution >= 4 is 16.9 Å². The molecule has 0 saturated heterocycles. The minimum absolute atomic E-state index is 0.211. The van der Waals surface area contributed by atoms with Crippen LogP contribution in [0.4, 0.5) is 0 Å². The van der Waals surface area contributed by atoms with Crippen LogP contribution in [0.5, 0.6) is 0 Å². The van der Waals surface area contributed by atoms with Crippen molar-refractivity contribution in [2.45, 2.75) is 26.3 Å². The molecule has 0 radical (unpaired) electrons. The number of amides is 1. The van der Waals surface area contributed by atoms with Crippen LogP contribution >= 0.6 is 0 Å². The molecule has 0 spiro atoms. The normalized spacial score (nSPS) is 16.7. The van der Waals surface area contributed by atoms with Gasteiger partial charge in [-0.15, -0.1) is 0 Å². The molecule has 0 bridgehead atoms. The third kappa shape index (κ3) is 2.38. The highest BCUT2D eigenvalue weighted by molar-refractivity contribution is 5.92. The number of oxazole rings is 1. The van der Waals surface area contributed by atoms with E-state index in [0.717, 1.165) is 33.5 Å². The van der Waals surface area contributed by atoms with E-state index in [0.29, 0.717) is 18.7 Å². The van der Waals surface area contributed by atoms with Gasteiger partial charge in [0.25, 0.3) is 5.91 Å².